The maximum atomic E-state index is 12.2. The molecule has 1 amide bonds. The number of aryl methyl sites for hydroxylation is 1. The van der Waals surface area contributed by atoms with Crippen LogP contribution in [0.15, 0.2) is 24.3 Å². The number of ether oxygens (including phenoxy) is 1. The van der Waals surface area contributed by atoms with Crippen molar-refractivity contribution in [2.45, 2.75) is 32.7 Å². The molecule has 0 aliphatic rings. The molecule has 1 aromatic rings. The van der Waals surface area contributed by atoms with E-state index < -0.39 is 5.97 Å². The van der Waals surface area contributed by atoms with Gasteiger partial charge < -0.3 is 9.64 Å². The second-order valence-corrected chi connectivity index (χ2v) is 5.25. The van der Waals surface area contributed by atoms with Gasteiger partial charge in [-0.05, 0) is 38.0 Å². The van der Waals surface area contributed by atoms with Gasteiger partial charge in [-0.3, -0.25) is 9.59 Å². The van der Waals surface area contributed by atoms with E-state index in [1.165, 1.54) is 12.0 Å². The number of methoxy groups -OCH3 is 1. The third-order valence-corrected chi connectivity index (χ3v) is 3.26. The lowest BCUT2D eigenvalue weighted by atomic mass is 10.1. The molecule has 0 fully saturated rings. The van der Waals surface area contributed by atoms with Crippen LogP contribution in [0.4, 0.5) is 0 Å². The van der Waals surface area contributed by atoms with E-state index in [-0.39, 0.29) is 18.5 Å². The highest BCUT2D eigenvalue weighted by atomic mass is 35.5. The number of amides is 1. The zero-order valence-corrected chi connectivity index (χ0v) is 12.8. The van der Waals surface area contributed by atoms with Crippen LogP contribution in [0.2, 0.25) is 5.02 Å². The van der Waals surface area contributed by atoms with Gasteiger partial charge in [0.15, 0.2) is 0 Å². The van der Waals surface area contributed by atoms with Crippen molar-refractivity contribution in [2.24, 2.45) is 0 Å². The first-order valence-electron chi connectivity index (χ1n) is 6.54. The van der Waals surface area contributed by atoms with Crippen molar-refractivity contribution >= 4 is 23.5 Å². The molecule has 0 unspecified atom stereocenters. The van der Waals surface area contributed by atoms with Crippen LogP contribution >= 0.6 is 11.6 Å². The molecule has 0 aliphatic heterocycles. The number of hydrogen-bond acceptors (Lipinski definition) is 3. The third-order valence-electron chi connectivity index (χ3n) is 3.01. The van der Waals surface area contributed by atoms with Crippen molar-refractivity contribution in [3.8, 4) is 0 Å². The fourth-order valence-electron chi connectivity index (χ4n) is 1.81. The Bertz CT molecular complexity index is 457. The first kappa shape index (κ1) is 16.5. The van der Waals surface area contributed by atoms with Crippen LogP contribution in [0, 0.1) is 0 Å². The van der Waals surface area contributed by atoms with Gasteiger partial charge in [-0.15, -0.1) is 0 Å². The number of esters is 1. The maximum Gasteiger partial charge on any atom is 0.325 e. The molecular formula is C15H20ClNO3. The average Bonchev–Trinajstić information content (AvgIpc) is 2.43. The highest BCUT2D eigenvalue weighted by Gasteiger charge is 2.20. The van der Waals surface area contributed by atoms with Gasteiger partial charge in [0.1, 0.15) is 6.54 Å². The van der Waals surface area contributed by atoms with E-state index in [9.17, 15) is 9.59 Å². The molecule has 0 saturated carbocycles. The molecule has 0 N–H and O–H groups in total. The second kappa shape index (κ2) is 7.90. The summed E-state index contributed by atoms with van der Waals surface area (Å²) in [7, 11) is 1.32. The van der Waals surface area contributed by atoms with Gasteiger partial charge in [0.25, 0.3) is 0 Å². The van der Waals surface area contributed by atoms with Crippen LogP contribution in [0.25, 0.3) is 0 Å². The highest BCUT2D eigenvalue weighted by molar-refractivity contribution is 6.30. The fraction of sp³-hybridized carbons (Fsp3) is 0.467. The summed E-state index contributed by atoms with van der Waals surface area (Å²) < 4.78 is 4.61. The molecule has 0 bridgehead atoms. The van der Waals surface area contributed by atoms with E-state index in [0.717, 1.165) is 5.56 Å². The van der Waals surface area contributed by atoms with Crippen molar-refractivity contribution in [1.82, 2.24) is 4.90 Å². The lowest BCUT2D eigenvalue weighted by Gasteiger charge is -2.25. The minimum Gasteiger partial charge on any atom is -0.468 e. The summed E-state index contributed by atoms with van der Waals surface area (Å²) in [4.78, 5) is 25.0. The molecule has 0 spiro atoms. The van der Waals surface area contributed by atoms with Crippen LogP contribution < -0.4 is 0 Å². The zero-order valence-electron chi connectivity index (χ0n) is 12.1. The fourth-order valence-corrected chi connectivity index (χ4v) is 1.93. The van der Waals surface area contributed by atoms with Gasteiger partial charge >= 0.3 is 5.97 Å². The molecule has 0 saturated heterocycles. The number of carbonyl (C=O) groups is 2. The summed E-state index contributed by atoms with van der Waals surface area (Å²) >= 11 is 5.81. The van der Waals surface area contributed by atoms with Crippen LogP contribution in [0.1, 0.15) is 25.8 Å². The number of hydrogen-bond donors (Lipinski definition) is 0. The molecule has 0 aliphatic carbocycles. The van der Waals surface area contributed by atoms with Crippen molar-refractivity contribution in [3.63, 3.8) is 0 Å². The standard InChI is InChI=1S/C15H20ClNO3/c1-11(2)17(10-15(19)20-3)14(18)9-6-12-4-7-13(16)8-5-12/h4-5,7-8,11H,6,9-10H2,1-3H3. The molecule has 5 heteroatoms. The Balaban J connectivity index is 2.57. The van der Waals surface area contributed by atoms with E-state index in [4.69, 9.17) is 11.6 Å². The van der Waals surface area contributed by atoms with E-state index >= 15 is 0 Å². The van der Waals surface area contributed by atoms with Gasteiger partial charge in [-0.2, -0.15) is 0 Å². The summed E-state index contributed by atoms with van der Waals surface area (Å²) in [6.07, 6.45) is 0.983. The van der Waals surface area contributed by atoms with Crippen molar-refractivity contribution in [1.29, 1.82) is 0 Å². The summed E-state index contributed by atoms with van der Waals surface area (Å²) in [6.45, 7) is 3.75. The number of halogens is 1. The molecule has 0 heterocycles. The monoisotopic (exact) mass is 297 g/mol. The van der Waals surface area contributed by atoms with E-state index in [0.29, 0.717) is 17.9 Å². The van der Waals surface area contributed by atoms with E-state index in [2.05, 4.69) is 4.74 Å². The average molecular weight is 298 g/mol. The first-order valence-corrected chi connectivity index (χ1v) is 6.92. The molecule has 0 atom stereocenters. The molecular weight excluding hydrogens is 278 g/mol. The normalized spacial score (nSPS) is 10.4. The van der Waals surface area contributed by atoms with Crippen LogP contribution in [0.5, 0.6) is 0 Å². The van der Waals surface area contributed by atoms with Crippen molar-refractivity contribution in [2.75, 3.05) is 13.7 Å². The number of benzene rings is 1. The highest BCUT2D eigenvalue weighted by Crippen LogP contribution is 2.12. The van der Waals surface area contributed by atoms with Crippen molar-refractivity contribution < 1.29 is 14.3 Å². The molecule has 4 nitrogen and oxygen atoms in total. The Morgan fingerprint density at radius 3 is 2.35 bits per heavy atom. The Labute approximate surface area is 124 Å². The maximum absolute atomic E-state index is 12.2. The quantitative estimate of drug-likeness (QED) is 0.759. The predicted molar refractivity (Wildman–Crippen MR) is 78.6 cm³/mol. The van der Waals surface area contributed by atoms with Crippen LogP contribution in [-0.2, 0) is 20.7 Å². The summed E-state index contributed by atoms with van der Waals surface area (Å²) in [6, 6.07) is 7.36. The Morgan fingerprint density at radius 1 is 1.25 bits per heavy atom. The summed E-state index contributed by atoms with van der Waals surface area (Å²) in [5.41, 5.74) is 1.05. The van der Waals surface area contributed by atoms with Crippen LogP contribution in [-0.4, -0.2) is 36.5 Å². The third kappa shape index (κ3) is 5.21. The smallest absolute Gasteiger partial charge is 0.325 e. The zero-order chi connectivity index (χ0) is 15.1. The molecule has 1 aromatic carbocycles. The lowest BCUT2D eigenvalue weighted by molar-refractivity contribution is -0.148. The molecule has 1 rings (SSSR count). The largest absolute Gasteiger partial charge is 0.468 e. The van der Waals surface area contributed by atoms with Gasteiger partial charge in [0.2, 0.25) is 5.91 Å². The van der Waals surface area contributed by atoms with Gasteiger partial charge in [0, 0.05) is 17.5 Å². The van der Waals surface area contributed by atoms with E-state index in [1.54, 1.807) is 12.1 Å². The van der Waals surface area contributed by atoms with Crippen LogP contribution in [0.3, 0.4) is 0 Å². The Hall–Kier alpha value is -1.55. The molecule has 20 heavy (non-hydrogen) atoms. The number of carbonyl (C=O) groups excluding carboxylic acids is 2. The summed E-state index contributed by atoms with van der Waals surface area (Å²) in [5.74, 6) is -0.459. The van der Waals surface area contributed by atoms with Gasteiger partial charge in [-0.25, -0.2) is 0 Å². The molecule has 110 valence electrons. The minimum atomic E-state index is -0.404. The predicted octanol–water partition coefficient (Wildman–Crippen LogP) is 2.68. The summed E-state index contributed by atoms with van der Waals surface area (Å²) in [5, 5.41) is 0.676. The SMILES string of the molecule is COC(=O)CN(C(=O)CCc1ccc(Cl)cc1)C(C)C. The van der Waals surface area contributed by atoms with Crippen molar-refractivity contribution in [3.05, 3.63) is 34.9 Å². The molecule has 0 radical (unpaired) electrons. The number of nitrogens with zero attached hydrogens (tertiary/aromatic N) is 1. The second-order valence-electron chi connectivity index (χ2n) is 4.82. The lowest BCUT2D eigenvalue weighted by Crippen LogP contribution is -2.41. The topological polar surface area (TPSA) is 46.6 Å². The van der Waals surface area contributed by atoms with E-state index in [1.807, 2.05) is 26.0 Å². The first-order chi connectivity index (χ1) is 9.43. The molecule has 0 aromatic heterocycles. The minimum absolute atomic E-state index is 0.00633. The number of rotatable bonds is 6. The van der Waals surface area contributed by atoms with Gasteiger partial charge in [-0.1, -0.05) is 23.7 Å². The van der Waals surface area contributed by atoms with Gasteiger partial charge in [0.05, 0.1) is 7.11 Å². The Kier molecular flexibility index (Phi) is 6.52. The Morgan fingerprint density at radius 2 is 1.85 bits per heavy atom.